The van der Waals surface area contributed by atoms with Crippen LogP contribution in [0, 0.1) is 0 Å². The lowest BCUT2D eigenvalue weighted by Crippen LogP contribution is -2.29. The molecule has 9 nitrogen and oxygen atoms in total. The van der Waals surface area contributed by atoms with E-state index in [2.05, 4.69) is 46.5 Å². The lowest BCUT2D eigenvalue weighted by atomic mass is 9.89. The SMILES string of the molecule is CN1CCC(c2ccc(Nc3ncc4c(=O)n5n(c4n3)-c3cccc(n3)[C@@](C)(O)CC/C=C\C5)cc2)CC1. The molecule has 2 aliphatic heterocycles. The quantitative estimate of drug-likeness (QED) is 0.400. The molecule has 5 heterocycles. The standard InChI is InChI=1S/C29H33N7O2/c1-29(38)15-4-3-5-16-35-27(37)23-19-30-28(33-26(23)36(35)25-8-6-7-24(29)32-25)31-22-11-9-20(10-12-22)21-13-17-34(2)18-14-21/h3,5-12,19,21,38H,4,13-18H2,1-2H3,(H,30,31,33)/b5-3-/t29-/m0/s1. The predicted octanol–water partition coefficient (Wildman–Crippen LogP) is 4.09. The van der Waals surface area contributed by atoms with Gasteiger partial charge < -0.3 is 15.3 Å². The van der Waals surface area contributed by atoms with Gasteiger partial charge in [-0.1, -0.05) is 30.4 Å². The van der Waals surface area contributed by atoms with Crippen LogP contribution in [0.4, 0.5) is 11.6 Å². The molecule has 0 unspecified atom stereocenters. The van der Waals surface area contributed by atoms with Gasteiger partial charge in [0.15, 0.2) is 11.5 Å². The second-order valence-corrected chi connectivity index (χ2v) is 10.6. The highest BCUT2D eigenvalue weighted by atomic mass is 16.3. The Morgan fingerprint density at radius 3 is 2.63 bits per heavy atom. The number of anilines is 2. The van der Waals surface area contributed by atoms with Crippen LogP contribution in [0.25, 0.3) is 16.9 Å². The van der Waals surface area contributed by atoms with E-state index in [0.29, 0.717) is 53.8 Å². The van der Waals surface area contributed by atoms with Crippen molar-refractivity contribution in [2.75, 3.05) is 25.5 Å². The summed E-state index contributed by atoms with van der Waals surface area (Å²) in [6.45, 7) is 4.40. The summed E-state index contributed by atoms with van der Waals surface area (Å²) in [6.07, 6.45) is 9.08. The van der Waals surface area contributed by atoms with E-state index >= 15 is 0 Å². The molecule has 4 aromatic rings. The van der Waals surface area contributed by atoms with Crippen LogP contribution in [0.5, 0.6) is 0 Å². The number of rotatable bonds is 3. The molecule has 1 fully saturated rings. The van der Waals surface area contributed by atoms with Gasteiger partial charge in [0.25, 0.3) is 5.56 Å². The normalized spacial score (nSPS) is 21.6. The number of fused-ring (bicyclic) bond motifs is 6. The number of piperidine rings is 1. The van der Waals surface area contributed by atoms with E-state index in [1.807, 2.05) is 30.4 Å². The monoisotopic (exact) mass is 511 g/mol. The van der Waals surface area contributed by atoms with Gasteiger partial charge in [0, 0.05) is 11.9 Å². The van der Waals surface area contributed by atoms with Gasteiger partial charge in [-0.3, -0.25) is 4.79 Å². The maximum Gasteiger partial charge on any atom is 0.278 e. The number of aliphatic hydroxyl groups is 1. The van der Waals surface area contributed by atoms with Crippen LogP contribution in [0.3, 0.4) is 0 Å². The van der Waals surface area contributed by atoms with Crippen LogP contribution in [-0.2, 0) is 12.1 Å². The lowest BCUT2D eigenvalue weighted by Gasteiger charge is -2.29. The first-order valence-corrected chi connectivity index (χ1v) is 13.3. The van der Waals surface area contributed by atoms with Crippen LogP contribution in [0.2, 0.25) is 0 Å². The average molecular weight is 512 g/mol. The lowest BCUT2D eigenvalue weighted by molar-refractivity contribution is 0.0443. The topological polar surface area (TPSA) is 101 Å². The summed E-state index contributed by atoms with van der Waals surface area (Å²) in [7, 11) is 2.18. The maximum absolute atomic E-state index is 13.4. The first-order valence-electron chi connectivity index (χ1n) is 13.3. The molecule has 0 spiro atoms. The van der Waals surface area contributed by atoms with E-state index in [9.17, 15) is 9.90 Å². The summed E-state index contributed by atoms with van der Waals surface area (Å²) >= 11 is 0. The Bertz CT molecular complexity index is 1540. The first-order chi connectivity index (χ1) is 18.4. The minimum atomic E-state index is -1.08. The minimum absolute atomic E-state index is 0.183. The molecule has 0 radical (unpaired) electrons. The molecule has 2 aliphatic rings. The third-order valence-corrected chi connectivity index (χ3v) is 7.78. The van der Waals surface area contributed by atoms with E-state index in [1.165, 1.54) is 18.4 Å². The summed E-state index contributed by atoms with van der Waals surface area (Å²) in [6, 6.07) is 14.0. The Labute approximate surface area is 221 Å². The molecule has 0 aliphatic carbocycles. The van der Waals surface area contributed by atoms with E-state index in [0.717, 1.165) is 18.8 Å². The van der Waals surface area contributed by atoms with Crippen molar-refractivity contribution >= 4 is 22.7 Å². The van der Waals surface area contributed by atoms with Gasteiger partial charge in [0.05, 0.1) is 12.2 Å². The van der Waals surface area contributed by atoms with Crippen LogP contribution in [0.15, 0.2) is 65.6 Å². The van der Waals surface area contributed by atoms with Crippen LogP contribution in [0.1, 0.15) is 49.8 Å². The van der Waals surface area contributed by atoms with Crippen molar-refractivity contribution in [1.82, 2.24) is 29.2 Å². The van der Waals surface area contributed by atoms with Crippen molar-refractivity contribution in [1.29, 1.82) is 0 Å². The largest absolute Gasteiger partial charge is 0.384 e. The van der Waals surface area contributed by atoms with Crippen molar-refractivity contribution in [2.45, 2.75) is 50.7 Å². The van der Waals surface area contributed by atoms with Crippen LogP contribution < -0.4 is 10.9 Å². The van der Waals surface area contributed by atoms with Crippen molar-refractivity contribution in [3.8, 4) is 5.82 Å². The molecule has 38 heavy (non-hydrogen) atoms. The number of pyridine rings is 1. The Kier molecular flexibility index (Phi) is 6.33. The molecule has 6 rings (SSSR count). The van der Waals surface area contributed by atoms with Crippen molar-refractivity contribution in [2.24, 2.45) is 0 Å². The molecule has 1 aromatic carbocycles. The van der Waals surface area contributed by atoms with E-state index in [-0.39, 0.29) is 5.56 Å². The fourth-order valence-electron chi connectivity index (χ4n) is 5.42. The van der Waals surface area contributed by atoms with E-state index in [1.54, 1.807) is 22.5 Å². The third-order valence-electron chi connectivity index (χ3n) is 7.78. The molecular formula is C29H33N7O2. The van der Waals surface area contributed by atoms with E-state index in [4.69, 9.17) is 9.97 Å². The molecule has 196 valence electrons. The number of aromatic nitrogens is 5. The van der Waals surface area contributed by atoms with Crippen molar-refractivity contribution < 1.29 is 5.11 Å². The molecule has 0 amide bonds. The highest BCUT2D eigenvalue weighted by Crippen LogP contribution is 2.29. The van der Waals surface area contributed by atoms with Crippen molar-refractivity contribution in [3.63, 3.8) is 0 Å². The molecule has 9 heteroatoms. The highest BCUT2D eigenvalue weighted by Gasteiger charge is 2.26. The smallest absolute Gasteiger partial charge is 0.278 e. The zero-order valence-corrected chi connectivity index (χ0v) is 21.8. The van der Waals surface area contributed by atoms with Gasteiger partial charge in [-0.25, -0.2) is 19.3 Å². The first kappa shape index (κ1) is 24.5. The number of hydrogen-bond acceptors (Lipinski definition) is 7. The summed E-state index contributed by atoms with van der Waals surface area (Å²) in [5.41, 5.74) is 2.00. The number of allylic oxidation sites excluding steroid dienone is 2. The Balaban J connectivity index is 1.36. The molecule has 2 bridgehead atoms. The second kappa shape index (κ2) is 9.81. The molecule has 1 atom stereocenters. The summed E-state index contributed by atoms with van der Waals surface area (Å²) in [5, 5.41) is 14.7. The summed E-state index contributed by atoms with van der Waals surface area (Å²) < 4.78 is 3.34. The number of likely N-dealkylation sites (tertiary alicyclic amines) is 1. The van der Waals surface area contributed by atoms with Gasteiger partial charge in [-0.2, -0.15) is 4.98 Å². The Hall–Kier alpha value is -3.82. The number of hydrogen-bond donors (Lipinski definition) is 2. The molecular weight excluding hydrogens is 478 g/mol. The zero-order chi connectivity index (χ0) is 26.3. The fraction of sp³-hybridized carbons (Fsp3) is 0.379. The fourth-order valence-corrected chi connectivity index (χ4v) is 5.42. The third kappa shape index (κ3) is 4.63. The summed E-state index contributed by atoms with van der Waals surface area (Å²) in [5.74, 6) is 1.52. The van der Waals surface area contributed by atoms with Crippen LogP contribution >= 0.6 is 0 Å². The Morgan fingerprint density at radius 1 is 1.05 bits per heavy atom. The average Bonchev–Trinajstić information content (AvgIpc) is 3.19. The number of nitrogens with one attached hydrogen (secondary N) is 1. The van der Waals surface area contributed by atoms with Gasteiger partial charge in [-0.05, 0) is 88.5 Å². The van der Waals surface area contributed by atoms with Gasteiger partial charge in [0.1, 0.15) is 11.0 Å². The predicted molar refractivity (Wildman–Crippen MR) is 148 cm³/mol. The highest BCUT2D eigenvalue weighted by molar-refractivity contribution is 5.77. The zero-order valence-electron chi connectivity index (χ0n) is 21.8. The number of benzene rings is 1. The second-order valence-electron chi connectivity index (χ2n) is 10.6. The molecule has 3 aromatic heterocycles. The molecule has 0 saturated carbocycles. The van der Waals surface area contributed by atoms with Crippen molar-refractivity contribution in [3.05, 3.63) is 82.4 Å². The summed E-state index contributed by atoms with van der Waals surface area (Å²) in [4.78, 5) is 29.7. The van der Waals surface area contributed by atoms with Gasteiger partial charge in [-0.15, -0.1) is 0 Å². The van der Waals surface area contributed by atoms with E-state index < -0.39 is 5.60 Å². The maximum atomic E-state index is 13.4. The molecule has 2 N–H and O–H groups in total. The Morgan fingerprint density at radius 2 is 1.84 bits per heavy atom. The number of nitrogens with zero attached hydrogens (tertiary/aromatic N) is 6. The molecule has 1 saturated heterocycles. The minimum Gasteiger partial charge on any atom is -0.384 e. The van der Waals surface area contributed by atoms with Crippen LogP contribution in [-0.4, -0.2) is 54.5 Å². The van der Waals surface area contributed by atoms with Gasteiger partial charge >= 0.3 is 0 Å². The van der Waals surface area contributed by atoms with Gasteiger partial charge in [0.2, 0.25) is 5.95 Å².